The van der Waals surface area contributed by atoms with Crippen LogP contribution >= 0.6 is 23.2 Å². The summed E-state index contributed by atoms with van der Waals surface area (Å²) in [6.45, 7) is 2.28. The fourth-order valence-electron chi connectivity index (χ4n) is 3.27. The lowest BCUT2D eigenvalue weighted by molar-refractivity contribution is 0.416. The maximum absolute atomic E-state index is 6.20. The van der Waals surface area contributed by atoms with E-state index in [0.717, 1.165) is 5.92 Å². The van der Waals surface area contributed by atoms with Gasteiger partial charge in [0.1, 0.15) is 0 Å². The van der Waals surface area contributed by atoms with Crippen molar-refractivity contribution in [2.75, 3.05) is 0 Å². The zero-order valence-electron chi connectivity index (χ0n) is 11.6. The number of fused-ring (bicyclic) bond motifs is 1. The molecule has 2 aromatic rings. The lowest BCUT2D eigenvalue weighted by Crippen LogP contribution is -2.19. The molecule has 0 saturated heterocycles. The summed E-state index contributed by atoms with van der Waals surface area (Å²) in [5.41, 5.74) is 4.22. The summed E-state index contributed by atoms with van der Waals surface area (Å²) >= 11 is 12.2. The van der Waals surface area contributed by atoms with Crippen molar-refractivity contribution >= 4 is 23.2 Å². The van der Waals surface area contributed by atoms with Crippen molar-refractivity contribution in [3.05, 3.63) is 69.2 Å². The Morgan fingerprint density at radius 3 is 2.60 bits per heavy atom. The van der Waals surface area contributed by atoms with E-state index in [4.69, 9.17) is 23.2 Å². The lowest BCUT2D eigenvalue weighted by atomic mass is 9.73. The lowest BCUT2D eigenvalue weighted by Gasteiger charge is -2.31. The van der Waals surface area contributed by atoms with Gasteiger partial charge in [-0.2, -0.15) is 0 Å². The van der Waals surface area contributed by atoms with Crippen molar-refractivity contribution in [2.45, 2.75) is 32.1 Å². The average molecular weight is 305 g/mol. The van der Waals surface area contributed by atoms with Crippen LogP contribution in [0.4, 0.5) is 0 Å². The van der Waals surface area contributed by atoms with Crippen LogP contribution in [-0.2, 0) is 6.42 Å². The van der Waals surface area contributed by atoms with Gasteiger partial charge >= 0.3 is 0 Å². The average Bonchev–Trinajstić information content (AvgIpc) is 2.49. The smallest absolute Gasteiger partial charge is 0.0595 e. The van der Waals surface area contributed by atoms with Gasteiger partial charge in [0.25, 0.3) is 0 Å². The molecule has 0 aliphatic heterocycles. The second-order valence-corrected chi connectivity index (χ2v) is 6.45. The van der Waals surface area contributed by atoms with Gasteiger partial charge in [0.05, 0.1) is 10.0 Å². The second kappa shape index (κ2) is 5.79. The molecular formula is C18H18Cl2. The van der Waals surface area contributed by atoms with E-state index in [-0.39, 0.29) is 0 Å². The Kier molecular flexibility index (Phi) is 4.05. The van der Waals surface area contributed by atoms with E-state index in [1.54, 1.807) is 0 Å². The highest BCUT2D eigenvalue weighted by Crippen LogP contribution is 2.41. The summed E-state index contributed by atoms with van der Waals surface area (Å²) < 4.78 is 0. The van der Waals surface area contributed by atoms with E-state index in [2.05, 4.69) is 37.3 Å². The molecule has 20 heavy (non-hydrogen) atoms. The Labute approximate surface area is 130 Å². The van der Waals surface area contributed by atoms with Gasteiger partial charge in [0.2, 0.25) is 0 Å². The van der Waals surface area contributed by atoms with Crippen molar-refractivity contribution in [1.82, 2.24) is 0 Å². The Morgan fingerprint density at radius 2 is 1.85 bits per heavy atom. The Balaban J connectivity index is 2.05. The van der Waals surface area contributed by atoms with Gasteiger partial charge < -0.3 is 0 Å². The molecule has 0 saturated carbocycles. The highest BCUT2D eigenvalue weighted by Gasteiger charge is 2.27. The Hall–Kier alpha value is -0.980. The van der Waals surface area contributed by atoms with E-state index >= 15 is 0 Å². The molecule has 0 unspecified atom stereocenters. The van der Waals surface area contributed by atoms with Gasteiger partial charge in [-0.3, -0.25) is 0 Å². The molecule has 0 fully saturated rings. The highest BCUT2D eigenvalue weighted by molar-refractivity contribution is 6.42. The zero-order valence-corrected chi connectivity index (χ0v) is 13.1. The fraction of sp³-hybridized carbons (Fsp3) is 0.333. The minimum atomic E-state index is 0.444. The Bertz CT molecular complexity index is 619. The van der Waals surface area contributed by atoms with Crippen molar-refractivity contribution in [2.24, 2.45) is 5.92 Å². The number of hydrogen-bond acceptors (Lipinski definition) is 0. The number of halogens is 2. The first kappa shape index (κ1) is 14.0. The minimum Gasteiger partial charge on any atom is -0.0827 e. The molecule has 1 aliphatic carbocycles. The van der Waals surface area contributed by atoms with Gasteiger partial charge in [-0.15, -0.1) is 0 Å². The molecule has 104 valence electrons. The van der Waals surface area contributed by atoms with Crippen LogP contribution in [0, 0.1) is 5.92 Å². The van der Waals surface area contributed by atoms with E-state index < -0.39 is 0 Å². The number of rotatable bonds is 2. The van der Waals surface area contributed by atoms with Crippen LogP contribution < -0.4 is 0 Å². The van der Waals surface area contributed by atoms with Crippen LogP contribution in [-0.4, -0.2) is 0 Å². The van der Waals surface area contributed by atoms with Gasteiger partial charge in [0, 0.05) is 5.92 Å². The molecule has 2 atom stereocenters. The van der Waals surface area contributed by atoms with Crippen LogP contribution in [0.25, 0.3) is 0 Å². The van der Waals surface area contributed by atoms with E-state index in [1.165, 1.54) is 36.0 Å². The van der Waals surface area contributed by atoms with Gasteiger partial charge in [0.15, 0.2) is 0 Å². The van der Waals surface area contributed by atoms with Gasteiger partial charge in [-0.25, -0.2) is 0 Å². The number of hydrogen-bond donors (Lipinski definition) is 0. The topological polar surface area (TPSA) is 0 Å². The quantitative estimate of drug-likeness (QED) is 0.629. The molecule has 0 amide bonds. The van der Waals surface area contributed by atoms with Crippen LogP contribution in [0.2, 0.25) is 10.0 Å². The monoisotopic (exact) mass is 304 g/mol. The molecular weight excluding hydrogens is 287 g/mol. The third-order valence-electron chi connectivity index (χ3n) is 4.43. The predicted octanol–water partition coefficient (Wildman–Crippen LogP) is 6.10. The van der Waals surface area contributed by atoms with Gasteiger partial charge in [-0.05, 0) is 47.6 Å². The van der Waals surface area contributed by atoms with Crippen LogP contribution in [0.15, 0.2) is 42.5 Å². The van der Waals surface area contributed by atoms with Crippen LogP contribution in [0.3, 0.4) is 0 Å². The maximum atomic E-state index is 6.20. The van der Waals surface area contributed by atoms with Crippen molar-refractivity contribution in [1.29, 1.82) is 0 Å². The summed E-state index contributed by atoms with van der Waals surface area (Å²) in [6, 6.07) is 14.9. The van der Waals surface area contributed by atoms with E-state index in [1.807, 2.05) is 12.1 Å². The molecule has 2 aromatic carbocycles. The third kappa shape index (κ3) is 2.60. The molecule has 3 rings (SSSR count). The maximum Gasteiger partial charge on any atom is 0.0595 e. The first-order chi connectivity index (χ1) is 9.69. The zero-order chi connectivity index (χ0) is 14.1. The fourth-order valence-corrected chi connectivity index (χ4v) is 3.58. The summed E-state index contributed by atoms with van der Waals surface area (Å²) in [5.74, 6) is 1.20. The second-order valence-electron chi connectivity index (χ2n) is 5.64. The predicted molar refractivity (Wildman–Crippen MR) is 86.8 cm³/mol. The number of benzene rings is 2. The minimum absolute atomic E-state index is 0.444. The van der Waals surface area contributed by atoms with Crippen molar-refractivity contribution in [3.8, 4) is 0 Å². The normalized spacial score (nSPS) is 21.6. The molecule has 0 spiro atoms. The third-order valence-corrected chi connectivity index (χ3v) is 5.17. The first-order valence-corrected chi connectivity index (χ1v) is 7.97. The van der Waals surface area contributed by atoms with Crippen LogP contribution in [0.5, 0.6) is 0 Å². The molecule has 1 aliphatic rings. The first-order valence-electron chi connectivity index (χ1n) is 7.21. The largest absolute Gasteiger partial charge is 0.0827 e. The summed E-state index contributed by atoms with van der Waals surface area (Å²) in [7, 11) is 0. The molecule has 0 N–H and O–H groups in total. The van der Waals surface area contributed by atoms with Gasteiger partial charge in [-0.1, -0.05) is 66.9 Å². The summed E-state index contributed by atoms with van der Waals surface area (Å²) in [4.78, 5) is 0. The van der Waals surface area contributed by atoms with E-state index in [0.29, 0.717) is 16.0 Å². The molecule has 0 aromatic heterocycles. The van der Waals surface area contributed by atoms with Crippen LogP contribution in [0.1, 0.15) is 42.4 Å². The molecule has 0 nitrogen and oxygen atoms in total. The summed E-state index contributed by atoms with van der Waals surface area (Å²) in [5, 5.41) is 1.28. The standard InChI is InChI=1S/C18H18Cl2/c1-2-12-9-13-5-3-4-6-15(13)16(10-12)14-7-8-17(19)18(20)11-14/h3-8,11-12,16H,2,9-10H2,1H3/t12-,16-/m1/s1. The highest BCUT2D eigenvalue weighted by atomic mass is 35.5. The van der Waals surface area contributed by atoms with Crippen molar-refractivity contribution in [3.63, 3.8) is 0 Å². The van der Waals surface area contributed by atoms with Crippen molar-refractivity contribution < 1.29 is 0 Å². The molecule has 0 bridgehead atoms. The summed E-state index contributed by atoms with van der Waals surface area (Å²) in [6.07, 6.45) is 3.63. The molecule has 0 heterocycles. The molecule has 2 heteroatoms. The Morgan fingerprint density at radius 1 is 1.05 bits per heavy atom. The van der Waals surface area contributed by atoms with E-state index in [9.17, 15) is 0 Å². The SMILES string of the molecule is CC[C@@H]1Cc2ccccc2[C@@H](c2ccc(Cl)c(Cl)c2)C1. The molecule has 0 radical (unpaired) electrons.